The highest BCUT2D eigenvalue weighted by Gasteiger charge is 2.74. The molecule has 2 unspecified atom stereocenters. The van der Waals surface area contributed by atoms with Gasteiger partial charge in [-0.25, -0.2) is 0 Å². The van der Waals surface area contributed by atoms with E-state index < -0.39 is 11.1 Å². The van der Waals surface area contributed by atoms with Crippen LogP contribution in [-0.4, -0.2) is 21.7 Å². The quantitative estimate of drug-likeness (QED) is 0.484. The molecule has 1 aliphatic carbocycles. The van der Waals surface area contributed by atoms with Crippen LogP contribution in [0.3, 0.4) is 0 Å². The number of anilines is 1. The maximum absolute atomic E-state index is 14.3. The Kier molecular flexibility index (Phi) is 3.90. The van der Waals surface area contributed by atoms with Gasteiger partial charge in [0.05, 0.1) is 0 Å². The molecule has 0 amide bonds. The molecule has 0 fully saturated rings. The summed E-state index contributed by atoms with van der Waals surface area (Å²) in [5, 5.41) is 13.7. The van der Waals surface area contributed by atoms with Crippen molar-refractivity contribution in [1.82, 2.24) is 4.98 Å². The molecule has 2 atom stereocenters. The third kappa shape index (κ3) is 2.20. The summed E-state index contributed by atoms with van der Waals surface area (Å²) >= 11 is 0. The Bertz CT molecular complexity index is 1470. The topological polar surface area (TPSA) is 73.4 Å². The van der Waals surface area contributed by atoms with Gasteiger partial charge in [-0.1, -0.05) is 60.7 Å². The van der Waals surface area contributed by atoms with E-state index in [1.807, 2.05) is 66.7 Å². The summed E-state index contributed by atoms with van der Waals surface area (Å²) in [5.41, 5.74) is 0.411. The molecule has 0 spiro atoms. The minimum Gasteiger partial charge on any atom is -0.365 e. The van der Waals surface area contributed by atoms with Crippen LogP contribution < -0.4 is 4.90 Å². The second-order valence-corrected chi connectivity index (χ2v) is 8.75. The zero-order valence-corrected chi connectivity index (χ0v) is 18.3. The normalized spacial score (nSPS) is 23.8. The number of rotatable bonds is 3. The number of Topliss-reactive ketones (excluding diaryl/α,β-unsaturated/α-hetero) is 2. The number of fused-ring (bicyclic) bond motifs is 4. The molecule has 1 aromatic heterocycles. The van der Waals surface area contributed by atoms with Crippen molar-refractivity contribution in [3.8, 4) is 0 Å². The summed E-state index contributed by atoms with van der Waals surface area (Å²) in [5.74, 6) is -0.528. The van der Waals surface area contributed by atoms with Gasteiger partial charge in [-0.15, -0.1) is 0 Å². The van der Waals surface area contributed by atoms with Crippen molar-refractivity contribution in [3.63, 3.8) is 0 Å². The largest absolute Gasteiger partial charge is 0.365 e. The van der Waals surface area contributed by atoms with Crippen molar-refractivity contribution >= 4 is 28.2 Å². The van der Waals surface area contributed by atoms with Crippen LogP contribution in [0.1, 0.15) is 35.5 Å². The van der Waals surface area contributed by atoms with Gasteiger partial charge in [-0.05, 0) is 43.5 Å². The van der Waals surface area contributed by atoms with Gasteiger partial charge in [0.1, 0.15) is 0 Å². The third-order valence-electron chi connectivity index (χ3n) is 7.11. The lowest BCUT2D eigenvalue weighted by Gasteiger charge is -2.42. The predicted octanol–water partition coefficient (Wildman–Crippen LogP) is 4.83. The molecule has 2 N–H and O–H groups in total. The number of ketones is 2. The Balaban J connectivity index is 1.78. The minimum absolute atomic E-state index is 0.246. The average Bonchev–Trinajstić information content (AvgIpc) is 3.40. The van der Waals surface area contributed by atoms with Crippen LogP contribution in [0, 0.1) is 0 Å². The van der Waals surface area contributed by atoms with Gasteiger partial charge in [-0.2, -0.15) is 0 Å². The predicted molar refractivity (Wildman–Crippen MR) is 127 cm³/mol. The van der Waals surface area contributed by atoms with E-state index >= 15 is 0 Å². The summed E-state index contributed by atoms with van der Waals surface area (Å²) in [7, 11) is 0. The summed E-state index contributed by atoms with van der Waals surface area (Å²) < 4.78 is 0. The second kappa shape index (κ2) is 6.53. The van der Waals surface area contributed by atoms with Crippen molar-refractivity contribution < 1.29 is 14.7 Å². The number of allylic oxidation sites excluding steroid dienone is 1. The van der Waals surface area contributed by atoms with E-state index in [0.717, 1.165) is 10.9 Å². The van der Waals surface area contributed by atoms with E-state index in [0.29, 0.717) is 33.8 Å². The van der Waals surface area contributed by atoms with Gasteiger partial charge >= 0.3 is 0 Å². The molecule has 2 heterocycles. The average molecular weight is 434 g/mol. The number of carbonyl (C=O) groups is 2. The molecule has 2 aliphatic rings. The van der Waals surface area contributed by atoms with E-state index in [9.17, 15) is 14.7 Å². The molecular weight excluding hydrogens is 412 g/mol. The monoisotopic (exact) mass is 434 g/mol. The highest BCUT2D eigenvalue weighted by Crippen LogP contribution is 2.63. The number of carbonyl (C=O) groups excluding carboxylic acids is 2. The summed E-state index contributed by atoms with van der Waals surface area (Å²) in [6.07, 6.45) is 0. The van der Waals surface area contributed by atoms with Crippen LogP contribution in [0.5, 0.6) is 0 Å². The standard InChI is InChI=1S/C28H22N2O3/c1-17-25(18(2)31)27(24-16-19-10-6-9-15-23(19)29-24)26(32)21-13-7-8-14-22(21)28(27,33)30(17)20-11-4-3-5-12-20/h3-16,29,33H,1-2H3. The lowest BCUT2D eigenvalue weighted by Crippen LogP contribution is -2.56. The molecule has 5 heteroatoms. The summed E-state index contributed by atoms with van der Waals surface area (Å²) in [6.45, 7) is 3.27. The van der Waals surface area contributed by atoms with E-state index in [1.165, 1.54) is 6.92 Å². The highest BCUT2D eigenvalue weighted by atomic mass is 16.3. The Morgan fingerprint density at radius 1 is 0.939 bits per heavy atom. The van der Waals surface area contributed by atoms with E-state index in [-0.39, 0.29) is 11.6 Å². The second-order valence-electron chi connectivity index (χ2n) is 8.75. The number of hydrogen-bond acceptors (Lipinski definition) is 4. The van der Waals surface area contributed by atoms with E-state index in [2.05, 4.69) is 4.98 Å². The van der Waals surface area contributed by atoms with Crippen LogP contribution in [0.25, 0.3) is 10.9 Å². The van der Waals surface area contributed by atoms with E-state index in [4.69, 9.17) is 0 Å². The van der Waals surface area contributed by atoms with Gasteiger partial charge in [-0.3, -0.25) is 9.59 Å². The Labute approximate surface area is 191 Å². The Morgan fingerprint density at radius 3 is 2.33 bits per heavy atom. The molecule has 33 heavy (non-hydrogen) atoms. The van der Waals surface area contributed by atoms with Crippen LogP contribution in [0.2, 0.25) is 0 Å². The van der Waals surface area contributed by atoms with Crippen LogP contribution in [0.4, 0.5) is 5.69 Å². The number of aliphatic hydroxyl groups is 1. The van der Waals surface area contributed by atoms with Crippen molar-refractivity contribution in [2.75, 3.05) is 4.90 Å². The minimum atomic E-state index is -1.81. The third-order valence-corrected chi connectivity index (χ3v) is 7.11. The number of hydrogen-bond donors (Lipinski definition) is 2. The highest BCUT2D eigenvalue weighted by molar-refractivity contribution is 6.20. The molecule has 0 saturated carbocycles. The molecule has 0 bridgehead atoms. The number of para-hydroxylation sites is 2. The van der Waals surface area contributed by atoms with Gasteiger partial charge in [0.25, 0.3) is 0 Å². The van der Waals surface area contributed by atoms with Crippen molar-refractivity contribution in [1.29, 1.82) is 0 Å². The SMILES string of the molecule is CC(=O)C1=C(C)N(c2ccccc2)C2(O)c3ccccc3C(=O)C12c1cc2ccccc2[nH]1. The summed E-state index contributed by atoms with van der Waals surface area (Å²) in [4.78, 5) is 32.7. The molecule has 0 radical (unpaired) electrons. The van der Waals surface area contributed by atoms with Gasteiger partial charge in [0.15, 0.2) is 22.7 Å². The molecule has 3 aromatic carbocycles. The molecule has 0 saturated heterocycles. The fraction of sp³-hybridized carbons (Fsp3) is 0.143. The smallest absolute Gasteiger partial charge is 0.192 e. The Morgan fingerprint density at radius 2 is 1.61 bits per heavy atom. The maximum Gasteiger partial charge on any atom is 0.192 e. The van der Waals surface area contributed by atoms with Gasteiger partial charge < -0.3 is 15.0 Å². The molecule has 5 nitrogen and oxygen atoms in total. The first-order chi connectivity index (χ1) is 15.9. The zero-order chi connectivity index (χ0) is 23.0. The fourth-order valence-corrected chi connectivity index (χ4v) is 5.95. The number of H-pyrrole nitrogens is 1. The number of aromatic amines is 1. The zero-order valence-electron chi connectivity index (χ0n) is 18.3. The maximum atomic E-state index is 14.3. The van der Waals surface area contributed by atoms with Crippen LogP contribution in [-0.2, 0) is 15.9 Å². The number of nitrogens with one attached hydrogen (secondary N) is 1. The first-order valence-corrected chi connectivity index (χ1v) is 10.9. The first-order valence-electron chi connectivity index (χ1n) is 10.9. The van der Waals surface area contributed by atoms with Gasteiger partial charge in [0.2, 0.25) is 0 Å². The van der Waals surface area contributed by atoms with Crippen molar-refractivity contribution in [2.45, 2.75) is 25.0 Å². The van der Waals surface area contributed by atoms with Gasteiger partial charge in [0, 0.05) is 39.3 Å². The molecule has 4 aromatic rings. The van der Waals surface area contributed by atoms with Crippen molar-refractivity contribution in [2.24, 2.45) is 0 Å². The fourth-order valence-electron chi connectivity index (χ4n) is 5.95. The van der Waals surface area contributed by atoms with Crippen LogP contribution >= 0.6 is 0 Å². The first kappa shape index (κ1) is 19.7. The van der Waals surface area contributed by atoms with E-state index in [1.54, 1.807) is 30.0 Å². The number of nitrogens with zero attached hydrogens (tertiary/aromatic N) is 1. The molecule has 6 rings (SSSR count). The molecular formula is C28H22N2O3. The lowest BCUT2D eigenvalue weighted by atomic mass is 9.69. The molecule has 1 aliphatic heterocycles. The molecule has 162 valence electrons. The Hall–Kier alpha value is -3.96. The lowest BCUT2D eigenvalue weighted by molar-refractivity contribution is -0.115. The van der Waals surface area contributed by atoms with Crippen LogP contribution in [0.15, 0.2) is 96.2 Å². The summed E-state index contributed by atoms with van der Waals surface area (Å²) in [6, 6.07) is 26.1. The number of aromatic nitrogens is 1. The number of benzene rings is 3. The van der Waals surface area contributed by atoms with Crippen molar-refractivity contribution in [3.05, 3.63) is 113 Å².